The summed E-state index contributed by atoms with van der Waals surface area (Å²) >= 11 is 0. The second-order valence-corrected chi connectivity index (χ2v) is 7.95. The number of benzene rings is 1. The van der Waals surface area contributed by atoms with Crippen molar-refractivity contribution in [2.75, 3.05) is 53.6 Å². The number of fused-ring (bicyclic) bond motifs is 1. The third kappa shape index (κ3) is 5.20. The van der Waals surface area contributed by atoms with Crippen molar-refractivity contribution in [1.29, 1.82) is 0 Å². The van der Waals surface area contributed by atoms with Gasteiger partial charge in [-0.15, -0.1) is 0 Å². The zero-order chi connectivity index (χ0) is 22.3. The molecule has 1 fully saturated rings. The van der Waals surface area contributed by atoms with Gasteiger partial charge < -0.3 is 18.8 Å². The van der Waals surface area contributed by atoms with E-state index in [1.807, 2.05) is 37.4 Å². The fourth-order valence-corrected chi connectivity index (χ4v) is 4.19. The molecule has 172 valence electrons. The van der Waals surface area contributed by atoms with E-state index < -0.39 is 0 Å². The molecule has 0 saturated carbocycles. The second kappa shape index (κ2) is 10.8. The number of piperazine rings is 1. The Balaban J connectivity index is 1.38. The molecule has 1 saturated heterocycles. The van der Waals surface area contributed by atoms with Crippen molar-refractivity contribution in [1.82, 2.24) is 24.3 Å². The molecule has 0 bridgehead atoms. The van der Waals surface area contributed by atoms with Gasteiger partial charge in [-0.2, -0.15) is 0 Å². The standard InChI is InChI=1S/C24H33N5O3/c1-4-32-15-14-29-23(26-21-6-5-9-25-24(21)29)18-28-12-10-27(11-13-28)17-19-7-8-20(30-2)16-22(19)31-3/h5-9,16H,4,10-15,17-18H2,1-3H3. The Bertz CT molecular complexity index is 1010. The normalized spacial score (nSPS) is 15.3. The summed E-state index contributed by atoms with van der Waals surface area (Å²) < 4.78 is 18.7. The van der Waals surface area contributed by atoms with Crippen molar-refractivity contribution < 1.29 is 14.2 Å². The van der Waals surface area contributed by atoms with Crippen molar-refractivity contribution in [2.45, 2.75) is 26.6 Å². The van der Waals surface area contributed by atoms with Crippen LogP contribution in [0.1, 0.15) is 18.3 Å². The summed E-state index contributed by atoms with van der Waals surface area (Å²) in [6, 6.07) is 10.0. The average Bonchev–Trinajstić information content (AvgIpc) is 3.17. The zero-order valence-corrected chi connectivity index (χ0v) is 19.3. The Labute approximate surface area is 189 Å². The lowest BCUT2D eigenvalue weighted by Crippen LogP contribution is -2.45. The van der Waals surface area contributed by atoms with Gasteiger partial charge in [0.05, 0.1) is 27.4 Å². The molecule has 0 unspecified atom stereocenters. The van der Waals surface area contributed by atoms with Crippen molar-refractivity contribution in [3.05, 3.63) is 47.9 Å². The number of aromatic nitrogens is 3. The number of hydrogen-bond donors (Lipinski definition) is 0. The molecule has 32 heavy (non-hydrogen) atoms. The summed E-state index contributed by atoms with van der Waals surface area (Å²) in [5.74, 6) is 2.75. The number of methoxy groups -OCH3 is 2. The summed E-state index contributed by atoms with van der Waals surface area (Å²) in [5, 5.41) is 0. The molecule has 0 N–H and O–H groups in total. The first kappa shape index (κ1) is 22.5. The smallest absolute Gasteiger partial charge is 0.160 e. The highest BCUT2D eigenvalue weighted by Crippen LogP contribution is 2.26. The molecule has 0 radical (unpaired) electrons. The van der Waals surface area contributed by atoms with E-state index in [0.717, 1.165) is 80.9 Å². The van der Waals surface area contributed by atoms with E-state index >= 15 is 0 Å². The minimum Gasteiger partial charge on any atom is -0.497 e. The predicted molar refractivity (Wildman–Crippen MR) is 124 cm³/mol. The van der Waals surface area contributed by atoms with Gasteiger partial charge >= 0.3 is 0 Å². The molecular weight excluding hydrogens is 406 g/mol. The van der Waals surface area contributed by atoms with Crippen LogP contribution in [0.4, 0.5) is 0 Å². The van der Waals surface area contributed by atoms with Crippen LogP contribution >= 0.6 is 0 Å². The molecule has 2 aromatic heterocycles. The average molecular weight is 440 g/mol. The molecule has 3 aromatic rings. The number of rotatable bonds is 10. The van der Waals surface area contributed by atoms with E-state index in [-0.39, 0.29) is 0 Å². The summed E-state index contributed by atoms with van der Waals surface area (Å²) in [5.41, 5.74) is 3.07. The Kier molecular flexibility index (Phi) is 7.57. The molecule has 1 aliphatic heterocycles. The molecular formula is C24H33N5O3. The topological polar surface area (TPSA) is 64.9 Å². The lowest BCUT2D eigenvalue weighted by atomic mass is 10.1. The fourth-order valence-electron chi connectivity index (χ4n) is 4.19. The Morgan fingerprint density at radius 3 is 2.47 bits per heavy atom. The zero-order valence-electron chi connectivity index (χ0n) is 19.3. The predicted octanol–water partition coefficient (Wildman–Crippen LogP) is 2.80. The highest BCUT2D eigenvalue weighted by molar-refractivity contribution is 5.71. The number of hydrogen-bond acceptors (Lipinski definition) is 7. The van der Waals surface area contributed by atoms with Gasteiger partial charge in [0.1, 0.15) is 22.8 Å². The van der Waals surface area contributed by atoms with Gasteiger partial charge in [-0.05, 0) is 25.1 Å². The van der Waals surface area contributed by atoms with Crippen LogP contribution in [0, 0.1) is 0 Å². The van der Waals surface area contributed by atoms with E-state index in [9.17, 15) is 0 Å². The Morgan fingerprint density at radius 2 is 1.75 bits per heavy atom. The number of pyridine rings is 1. The number of nitrogens with zero attached hydrogens (tertiary/aromatic N) is 5. The molecule has 8 heteroatoms. The molecule has 8 nitrogen and oxygen atoms in total. The SMILES string of the molecule is CCOCCn1c(CN2CCN(Cc3ccc(OC)cc3OC)CC2)nc2cccnc21. The van der Waals surface area contributed by atoms with E-state index in [4.69, 9.17) is 19.2 Å². The van der Waals surface area contributed by atoms with Gasteiger partial charge in [0.15, 0.2) is 5.65 Å². The van der Waals surface area contributed by atoms with E-state index in [1.54, 1.807) is 14.2 Å². The minimum absolute atomic E-state index is 0.670. The Hall–Kier alpha value is -2.68. The second-order valence-electron chi connectivity index (χ2n) is 7.95. The molecule has 0 spiro atoms. The lowest BCUT2D eigenvalue weighted by Gasteiger charge is -2.34. The number of ether oxygens (including phenoxy) is 3. The first-order valence-electron chi connectivity index (χ1n) is 11.2. The molecule has 0 aliphatic carbocycles. The van der Waals surface area contributed by atoms with Crippen LogP contribution in [0.5, 0.6) is 11.5 Å². The molecule has 1 aliphatic rings. The van der Waals surface area contributed by atoms with Crippen molar-refractivity contribution >= 4 is 11.2 Å². The minimum atomic E-state index is 0.670. The van der Waals surface area contributed by atoms with Crippen LogP contribution in [0.2, 0.25) is 0 Å². The molecule has 3 heterocycles. The van der Waals surface area contributed by atoms with Gasteiger partial charge in [-0.25, -0.2) is 9.97 Å². The fraction of sp³-hybridized carbons (Fsp3) is 0.500. The third-order valence-electron chi connectivity index (χ3n) is 5.96. The van der Waals surface area contributed by atoms with Crippen molar-refractivity contribution in [3.8, 4) is 11.5 Å². The Morgan fingerprint density at radius 1 is 0.969 bits per heavy atom. The van der Waals surface area contributed by atoms with Gasteiger partial charge in [-0.1, -0.05) is 6.07 Å². The van der Waals surface area contributed by atoms with Gasteiger partial charge in [0, 0.05) is 63.7 Å². The highest BCUT2D eigenvalue weighted by Gasteiger charge is 2.21. The van der Waals surface area contributed by atoms with E-state index in [2.05, 4.69) is 25.4 Å². The lowest BCUT2D eigenvalue weighted by molar-refractivity contribution is 0.115. The first-order chi connectivity index (χ1) is 15.7. The van der Waals surface area contributed by atoms with Crippen molar-refractivity contribution in [3.63, 3.8) is 0 Å². The molecule has 0 atom stereocenters. The maximum atomic E-state index is 5.59. The monoisotopic (exact) mass is 439 g/mol. The van der Waals surface area contributed by atoms with Crippen LogP contribution in [0.3, 0.4) is 0 Å². The van der Waals surface area contributed by atoms with Crippen LogP contribution in [-0.4, -0.2) is 77.9 Å². The van der Waals surface area contributed by atoms with Crippen molar-refractivity contribution in [2.24, 2.45) is 0 Å². The number of imidazole rings is 1. The van der Waals surface area contributed by atoms with E-state index in [1.165, 1.54) is 5.56 Å². The highest BCUT2D eigenvalue weighted by atomic mass is 16.5. The van der Waals surface area contributed by atoms with Crippen LogP contribution in [0.25, 0.3) is 11.2 Å². The molecule has 4 rings (SSSR count). The van der Waals surface area contributed by atoms with Gasteiger partial charge in [0.25, 0.3) is 0 Å². The molecule has 1 aromatic carbocycles. The first-order valence-corrected chi connectivity index (χ1v) is 11.2. The van der Waals surface area contributed by atoms with Gasteiger partial charge in [-0.3, -0.25) is 9.80 Å². The van der Waals surface area contributed by atoms with E-state index in [0.29, 0.717) is 6.61 Å². The van der Waals surface area contributed by atoms with Crippen LogP contribution in [-0.2, 0) is 24.4 Å². The summed E-state index contributed by atoms with van der Waals surface area (Å²) in [6.45, 7) is 9.89. The summed E-state index contributed by atoms with van der Waals surface area (Å²) in [7, 11) is 3.39. The van der Waals surface area contributed by atoms with Crippen LogP contribution < -0.4 is 9.47 Å². The molecule has 0 amide bonds. The summed E-state index contributed by atoms with van der Waals surface area (Å²) in [4.78, 5) is 14.4. The maximum Gasteiger partial charge on any atom is 0.160 e. The summed E-state index contributed by atoms with van der Waals surface area (Å²) in [6.07, 6.45) is 1.83. The quantitative estimate of drug-likeness (QED) is 0.450. The largest absolute Gasteiger partial charge is 0.497 e. The third-order valence-corrected chi connectivity index (χ3v) is 5.96. The van der Waals surface area contributed by atoms with Gasteiger partial charge in [0.2, 0.25) is 0 Å². The van der Waals surface area contributed by atoms with Crippen LogP contribution in [0.15, 0.2) is 36.5 Å². The maximum absolute atomic E-state index is 5.59.